The Balaban J connectivity index is 2.65. The van der Waals surface area contributed by atoms with Crippen LogP contribution >= 0.6 is 11.3 Å². The number of carbonyl (C=O) groups excluding carboxylic acids is 2. The summed E-state index contributed by atoms with van der Waals surface area (Å²) in [5.41, 5.74) is -0.506. The lowest BCUT2D eigenvalue weighted by molar-refractivity contribution is -0.148. The molecule has 0 bridgehead atoms. The highest BCUT2D eigenvalue weighted by atomic mass is 32.1. The van der Waals surface area contributed by atoms with Crippen molar-refractivity contribution in [1.82, 2.24) is 0 Å². The number of esters is 2. The summed E-state index contributed by atoms with van der Waals surface area (Å²) in [5, 5.41) is 0. The molecule has 18 heavy (non-hydrogen) atoms. The number of hydrogen-bond acceptors (Lipinski definition) is 5. The van der Waals surface area contributed by atoms with Crippen LogP contribution in [0.4, 0.5) is 0 Å². The SMILES string of the molecule is COC(=O)c1ccc(/C=C/C(=O)OC(C)(C)C)s1. The Kier molecular flexibility index (Phi) is 4.67. The second kappa shape index (κ2) is 5.82. The van der Waals surface area contributed by atoms with Gasteiger partial charge >= 0.3 is 11.9 Å². The molecule has 98 valence electrons. The van der Waals surface area contributed by atoms with E-state index in [2.05, 4.69) is 4.74 Å². The lowest BCUT2D eigenvalue weighted by Crippen LogP contribution is -2.22. The molecule has 0 spiro atoms. The smallest absolute Gasteiger partial charge is 0.348 e. The Morgan fingerprint density at radius 3 is 2.50 bits per heavy atom. The fourth-order valence-electron chi connectivity index (χ4n) is 1.14. The second-order valence-electron chi connectivity index (χ2n) is 4.56. The number of ether oxygens (including phenoxy) is 2. The van der Waals surface area contributed by atoms with Crippen LogP contribution in [0.5, 0.6) is 0 Å². The third-order valence-electron chi connectivity index (χ3n) is 1.80. The number of methoxy groups -OCH3 is 1. The molecule has 0 saturated carbocycles. The summed E-state index contributed by atoms with van der Waals surface area (Å²) in [7, 11) is 1.33. The number of thiophene rings is 1. The highest BCUT2D eigenvalue weighted by molar-refractivity contribution is 7.14. The van der Waals surface area contributed by atoms with Gasteiger partial charge in [-0.2, -0.15) is 0 Å². The van der Waals surface area contributed by atoms with Gasteiger partial charge in [0, 0.05) is 11.0 Å². The maximum atomic E-state index is 11.4. The van der Waals surface area contributed by atoms with Gasteiger partial charge in [-0.1, -0.05) is 0 Å². The first-order valence-electron chi connectivity index (χ1n) is 5.41. The van der Waals surface area contributed by atoms with E-state index in [9.17, 15) is 9.59 Å². The van der Waals surface area contributed by atoms with Crippen molar-refractivity contribution >= 4 is 29.4 Å². The zero-order valence-corrected chi connectivity index (χ0v) is 11.7. The predicted molar refractivity (Wildman–Crippen MR) is 70.5 cm³/mol. The van der Waals surface area contributed by atoms with Crippen LogP contribution < -0.4 is 0 Å². The maximum Gasteiger partial charge on any atom is 0.348 e. The first kappa shape index (κ1) is 14.4. The zero-order chi connectivity index (χ0) is 13.8. The molecule has 0 amide bonds. The van der Waals surface area contributed by atoms with Gasteiger partial charge in [-0.3, -0.25) is 0 Å². The summed E-state index contributed by atoms with van der Waals surface area (Å²) >= 11 is 1.26. The molecule has 0 aliphatic rings. The van der Waals surface area contributed by atoms with Crippen molar-refractivity contribution in [3.05, 3.63) is 28.0 Å². The van der Waals surface area contributed by atoms with E-state index in [-0.39, 0.29) is 5.97 Å². The highest BCUT2D eigenvalue weighted by Crippen LogP contribution is 2.19. The minimum absolute atomic E-state index is 0.378. The van der Waals surface area contributed by atoms with Crippen LogP contribution in [0.25, 0.3) is 6.08 Å². The van der Waals surface area contributed by atoms with Crippen molar-refractivity contribution in [1.29, 1.82) is 0 Å². The van der Waals surface area contributed by atoms with Gasteiger partial charge in [0.15, 0.2) is 0 Å². The molecule has 4 nitrogen and oxygen atoms in total. The van der Waals surface area contributed by atoms with Crippen molar-refractivity contribution in [3.8, 4) is 0 Å². The molecule has 0 aliphatic heterocycles. The van der Waals surface area contributed by atoms with E-state index in [0.717, 1.165) is 4.88 Å². The molecular formula is C13H16O4S. The first-order chi connectivity index (χ1) is 8.31. The summed E-state index contributed by atoms with van der Waals surface area (Å²) in [6.07, 6.45) is 2.96. The molecule has 1 aromatic heterocycles. The van der Waals surface area contributed by atoms with E-state index in [0.29, 0.717) is 4.88 Å². The van der Waals surface area contributed by atoms with Gasteiger partial charge in [0.1, 0.15) is 10.5 Å². The van der Waals surface area contributed by atoms with Gasteiger partial charge in [-0.25, -0.2) is 9.59 Å². The van der Waals surface area contributed by atoms with E-state index in [1.165, 1.54) is 24.5 Å². The summed E-state index contributed by atoms with van der Waals surface area (Å²) in [4.78, 5) is 24.0. The van der Waals surface area contributed by atoms with Crippen LogP contribution in [0.1, 0.15) is 35.3 Å². The summed E-state index contributed by atoms with van der Waals surface area (Å²) < 4.78 is 9.72. The molecule has 0 saturated heterocycles. The van der Waals surface area contributed by atoms with Crippen molar-refractivity contribution in [3.63, 3.8) is 0 Å². The van der Waals surface area contributed by atoms with E-state index in [1.807, 2.05) is 0 Å². The molecule has 0 fully saturated rings. The fraction of sp³-hybridized carbons (Fsp3) is 0.385. The van der Waals surface area contributed by atoms with E-state index in [4.69, 9.17) is 4.74 Å². The molecule has 0 aromatic carbocycles. The number of rotatable bonds is 3. The minimum Gasteiger partial charge on any atom is -0.465 e. The lowest BCUT2D eigenvalue weighted by atomic mass is 10.2. The molecule has 1 heterocycles. The topological polar surface area (TPSA) is 52.6 Å². The third-order valence-corrected chi connectivity index (χ3v) is 2.83. The van der Waals surface area contributed by atoms with E-state index >= 15 is 0 Å². The predicted octanol–water partition coefficient (Wildman–Crippen LogP) is 2.89. The first-order valence-corrected chi connectivity index (χ1v) is 6.22. The Morgan fingerprint density at radius 2 is 1.94 bits per heavy atom. The molecule has 0 aliphatic carbocycles. The van der Waals surface area contributed by atoms with Crippen LogP contribution in [0.15, 0.2) is 18.2 Å². The summed E-state index contributed by atoms with van der Waals surface area (Å²) in [6, 6.07) is 3.41. The fourth-order valence-corrected chi connectivity index (χ4v) is 1.97. The average Bonchev–Trinajstić information content (AvgIpc) is 2.71. The maximum absolute atomic E-state index is 11.4. The number of hydrogen-bond donors (Lipinski definition) is 0. The molecule has 5 heteroatoms. The van der Waals surface area contributed by atoms with Crippen molar-refractivity contribution in [2.75, 3.05) is 7.11 Å². The third kappa shape index (κ3) is 4.71. The quantitative estimate of drug-likeness (QED) is 0.625. The van der Waals surface area contributed by atoms with Crippen molar-refractivity contribution in [2.45, 2.75) is 26.4 Å². The normalized spacial score (nSPS) is 11.6. The van der Waals surface area contributed by atoms with Gasteiger partial charge in [0.05, 0.1) is 7.11 Å². The Bertz CT molecular complexity index is 466. The van der Waals surface area contributed by atoms with Crippen LogP contribution in [0.2, 0.25) is 0 Å². The van der Waals surface area contributed by atoms with Crippen LogP contribution in [-0.2, 0) is 14.3 Å². The van der Waals surface area contributed by atoms with Crippen molar-refractivity contribution < 1.29 is 19.1 Å². The molecule has 0 atom stereocenters. The van der Waals surface area contributed by atoms with Crippen LogP contribution in [-0.4, -0.2) is 24.6 Å². The molecule has 0 unspecified atom stereocenters. The Labute approximate surface area is 110 Å². The van der Waals surface area contributed by atoms with Gasteiger partial charge in [0.2, 0.25) is 0 Å². The molecular weight excluding hydrogens is 252 g/mol. The zero-order valence-electron chi connectivity index (χ0n) is 10.9. The van der Waals surface area contributed by atoms with E-state index in [1.54, 1.807) is 39.0 Å². The van der Waals surface area contributed by atoms with Crippen LogP contribution in [0, 0.1) is 0 Å². The lowest BCUT2D eigenvalue weighted by Gasteiger charge is -2.17. The Morgan fingerprint density at radius 1 is 1.28 bits per heavy atom. The standard InChI is InChI=1S/C13H16O4S/c1-13(2,3)17-11(14)8-6-9-5-7-10(18-9)12(15)16-4/h5-8H,1-4H3/b8-6+. The number of carbonyl (C=O) groups is 2. The van der Waals surface area contributed by atoms with Crippen molar-refractivity contribution in [2.24, 2.45) is 0 Å². The minimum atomic E-state index is -0.506. The van der Waals surface area contributed by atoms with Gasteiger partial charge in [-0.15, -0.1) is 11.3 Å². The Hall–Kier alpha value is -1.62. The van der Waals surface area contributed by atoms with Gasteiger partial charge in [-0.05, 0) is 39.0 Å². The summed E-state index contributed by atoms with van der Waals surface area (Å²) in [5.74, 6) is -0.785. The average molecular weight is 268 g/mol. The van der Waals surface area contributed by atoms with Crippen LogP contribution in [0.3, 0.4) is 0 Å². The monoisotopic (exact) mass is 268 g/mol. The second-order valence-corrected chi connectivity index (χ2v) is 5.68. The van der Waals surface area contributed by atoms with E-state index < -0.39 is 11.6 Å². The highest BCUT2D eigenvalue weighted by Gasteiger charge is 2.14. The van der Waals surface area contributed by atoms with Gasteiger partial charge < -0.3 is 9.47 Å². The largest absolute Gasteiger partial charge is 0.465 e. The molecule has 0 radical (unpaired) electrons. The molecule has 1 aromatic rings. The summed E-state index contributed by atoms with van der Waals surface area (Å²) in [6.45, 7) is 5.41. The molecule has 0 N–H and O–H groups in total. The molecule has 1 rings (SSSR count). The van der Waals surface area contributed by atoms with Gasteiger partial charge in [0.25, 0.3) is 0 Å².